The molecule has 0 unspecified atom stereocenters. The van der Waals surface area contributed by atoms with Crippen LogP contribution in [0.5, 0.6) is 0 Å². The standard InChI is InChI=1S/C9H6IN5/c10-7-3-13-15-4-6(1-2-8(7)15)9-11-5-12-14-9/h1-5H,(H,11,12,14). The second kappa shape index (κ2) is 3.30. The summed E-state index contributed by atoms with van der Waals surface area (Å²) in [5.74, 6) is 0.683. The highest BCUT2D eigenvalue weighted by Gasteiger charge is 2.05. The summed E-state index contributed by atoms with van der Waals surface area (Å²) >= 11 is 2.26. The maximum atomic E-state index is 4.23. The summed E-state index contributed by atoms with van der Waals surface area (Å²) in [5.41, 5.74) is 2.04. The molecule has 0 radical (unpaired) electrons. The Hall–Kier alpha value is -1.44. The summed E-state index contributed by atoms with van der Waals surface area (Å²) in [7, 11) is 0. The molecule has 0 spiro atoms. The average Bonchev–Trinajstić information content (AvgIpc) is 2.88. The van der Waals surface area contributed by atoms with Crippen LogP contribution < -0.4 is 0 Å². The van der Waals surface area contributed by atoms with Crippen molar-refractivity contribution in [3.8, 4) is 11.4 Å². The molecule has 3 aromatic rings. The molecule has 0 fully saturated rings. The number of nitrogens with one attached hydrogen (secondary N) is 1. The number of aromatic amines is 1. The van der Waals surface area contributed by atoms with Gasteiger partial charge in [0.15, 0.2) is 5.82 Å². The van der Waals surface area contributed by atoms with Crippen LogP contribution >= 0.6 is 22.6 Å². The van der Waals surface area contributed by atoms with Crippen molar-refractivity contribution in [1.29, 1.82) is 0 Å². The number of fused-ring (bicyclic) bond motifs is 1. The van der Waals surface area contributed by atoms with E-state index in [1.165, 1.54) is 0 Å². The second-order valence-electron chi connectivity index (χ2n) is 3.06. The van der Waals surface area contributed by atoms with Gasteiger partial charge in [0, 0.05) is 11.8 Å². The molecular formula is C9H6IN5. The van der Waals surface area contributed by atoms with Gasteiger partial charge in [0.25, 0.3) is 0 Å². The van der Waals surface area contributed by atoms with Crippen molar-refractivity contribution in [3.05, 3.63) is 34.4 Å². The molecule has 3 heterocycles. The quantitative estimate of drug-likeness (QED) is 0.696. The molecule has 0 saturated carbocycles. The molecule has 0 aliphatic carbocycles. The number of H-pyrrole nitrogens is 1. The lowest BCUT2D eigenvalue weighted by Gasteiger charge is -1.97. The minimum atomic E-state index is 0.683. The molecule has 0 aromatic carbocycles. The lowest BCUT2D eigenvalue weighted by molar-refractivity contribution is 0.959. The van der Waals surface area contributed by atoms with Crippen molar-refractivity contribution >= 4 is 28.1 Å². The van der Waals surface area contributed by atoms with Crippen molar-refractivity contribution in [3.63, 3.8) is 0 Å². The minimum Gasteiger partial charge on any atom is -0.265 e. The summed E-state index contributed by atoms with van der Waals surface area (Å²) in [6.07, 6.45) is 5.31. The first-order valence-corrected chi connectivity index (χ1v) is 5.41. The van der Waals surface area contributed by atoms with E-state index in [0.717, 1.165) is 14.7 Å². The van der Waals surface area contributed by atoms with E-state index in [1.54, 1.807) is 6.33 Å². The van der Waals surface area contributed by atoms with Crippen molar-refractivity contribution < 1.29 is 0 Å². The predicted octanol–water partition coefficient (Wildman–Crippen LogP) is 1.72. The van der Waals surface area contributed by atoms with Crippen LogP contribution in [0, 0.1) is 3.57 Å². The number of pyridine rings is 1. The molecule has 0 saturated heterocycles. The Morgan fingerprint density at radius 3 is 3.07 bits per heavy atom. The van der Waals surface area contributed by atoms with Gasteiger partial charge >= 0.3 is 0 Å². The van der Waals surface area contributed by atoms with Crippen LogP contribution in [-0.2, 0) is 0 Å². The maximum Gasteiger partial charge on any atom is 0.182 e. The number of halogens is 1. The minimum absolute atomic E-state index is 0.683. The molecule has 3 rings (SSSR count). The maximum absolute atomic E-state index is 4.23. The molecule has 0 amide bonds. The predicted molar refractivity (Wildman–Crippen MR) is 63.3 cm³/mol. The highest BCUT2D eigenvalue weighted by atomic mass is 127. The molecule has 0 atom stereocenters. The molecule has 74 valence electrons. The van der Waals surface area contributed by atoms with Gasteiger partial charge in [-0.2, -0.15) is 10.2 Å². The second-order valence-corrected chi connectivity index (χ2v) is 4.22. The van der Waals surface area contributed by atoms with E-state index in [0.29, 0.717) is 5.82 Å². The van der Waals surface area contributed by atoms with Gasteiger partial charge in [-0.25, -0.2) is 9.50 Å². The first kappa shape index (κ1) is 8.84. The Morgan fingerprint density at radius 1 is 1.33 bits per heavy atom. The van der Waals surface area contributed by atoms with Gasteiger partial charge in [-0.3, -0.25) is 5.10 Å². The molecule has 0 bridgehead atoms. The Morgan fingerprint density at radius 2 is 2.27 bits per heavy atom. The summed E-state index contributed by atoms with van der Waals surface area (Å²) in [6.45, 7) is 0. The Bertz CT molecular complexity index is 598. The normalized spacial score (nSPS) is 11.0. The van der Waals surface area contributed by atoms with Crippen molar-refractivity contribution in [1.82, 2.24) is 24.8 Å². The van der Waals surface area contributed by atoms with Gasteiger partial charge in [0.2, 0.25) is 0 Å². The summed E-state index contributed by atoms with van der Waals surface area (Å²) in [5, 5.41) is 10.9. The Kier molecular flexibility index (Phi) is 1.94. The van der Waals surface area contributed by atoms with Crippen LogP contribution in [0.3, 0.4) is 0 Å². The zero-order valence-corrected chi connectivity index (χ0v) is 9.71. The first-order valence-electron chi connectivity index (χ1n) is 4.33. The topological polar surface area (TPSA) is 58.9 Å². The summed E-state index contributed by atoms with van der Waals surface area (Å²) in [4.78, 5) is 4.09. The van der Waals surface area contributed by atoms with Gasteiger partial charge in [-0.15, -0.1) is 0 Å². The van der Waals surface area contributed by atoms with Crippen LogP contribution in [-0.4, -0.2) is 24.8 Å². The fourth-order valence-electron chi connectivity index (χ4n) is 1.43. The van der Waals surface area contributed by atoms with Crippen LogP contribution in [0.1, 0.15) is 0 Å². The number of nitrogens with zero attached hydrogens (tertiary/aromatic N) is 4. The highest BCUT2D eigenvalue weighted by molar-refractivity contribution is 14.1. The van der Waals surface area contributed by atoms with E-state index in [-0.39, 0.29) is 0 Å². The fraction of sp³-hybridized carbons (Fsp3) is 0. The summed E-state index contributed by atoms with van der Waals surface area (Å²) < 4.78 is 2.96. The first-order chi connectivity index (χ1) is 7.34. The smallest absolute Gasteiger partial charge is 0.182 e. The third-order valence-corrected chi connectivity index (χ3v) is 2.97. The lowest BCUT2D eigenvalue weighted by atomic mass is 10.2. The number of aromatic nitrogens is 5. The lowest BCUT2D eigenvalue weighted by Crippen LogP contribution is -1.89. The third kappa shape index (κ3) is 1.41. The zero-order chi connectivity index (χ0) is 10.3. The molecule has 6 heteroatoms. The Balaban J connectivity index is 2.23. The number of hydrogen-bond acceptors (Lipinski definition) is 3. The van der Waals surface area contributed by atoms with Gasteiger partial charge in [-0.05, 0) is 34.7 Å². The van der Waals surface area contributed by atoms with E-state index in [1.807, 2.05) is 29.0 Å². The SMILES string of the molecule is Ic1cnn2cc(-c3nc[nH]n3)ccc12. The van der Waals surface area contributed by atoms with Crippen molar-refractivity contribution in [2.24, 2.45) is 0 Å². The number of hydrogen-bond donors (Lipinski definition) is 1. The van der Waals surface area contributed by atoms with E-state index in [4.69, 9.17) is 0 Å². The van der Waals surface area contributed by atoms with Gasteiger partial charge < -0.3 is 0 Å². The van der Waals surface area contributed by atoms with E-state index in [2.05, 4.69) is 42.9 Å². The zero-order valence-electron chi connectivity index (χ0n) is 7.55. The molecule has 1 N–H and O–H groups in total. The van der Waals surface area contributed by atoms with E-state index >= 15 is 0 Å². The van der Waals surface area contributed by atoms with Gasteiger partial charge in [0.05, 0.1) is 15.3 Å². The van der Waals surface area contributed by atoms with Gasteiger partial charge in [0.1, 0.15) is 6.33 Å². The molecular weight excluding hydrogens is 305 g/mol. The molecule has 15 heavy (non-hydrogen) atoms. The molecule has 5 nitrogen and oxygen atoms in total. The van der Waals surface area contributed by atoms with Gasteiger partial charge in [-0.1, -0.05) is 0 Å². The number of rotatable bonds is 1. The molecule has 0 aliphatic heterocycles. The molecule has 3 aromatic heterocycles. The van der Waals surface area contributed by atoms with Crippen LogP contribution in [0.2, 0.25) is 0 Å². The monoisotopic (exact) mass is 311 g/mol. The van der Waals surface area contributed by atoms with Crippen LogP contribution in [0.15, 0.2) is 30.9 Å². The fourth-order valence-corrected chi connectivity index (χ4v) is 1.98. The largest absolute Gasteiger partial charge is 0.265 e. The van der Waals surface area contributed by atoms with Crippen LogP contribution in [0.4, 0.5) is 0 Å². The van der Waals surface area contributed by atoms with Crippen molar-refractivity contribution in [2.45, 2.75) is 0 Å². The van der Waals surface area contributed by atoms with Crippen molar-refractivity contribution in [2.75, 3.05) is 0 Å². The summed E-state index contributed by atoms with van der Waals surface area (Å²) in [6, 6.07) is 4.00. The molecule has 0 aliphatic rings. The average molecular weight is 311 g/mol. The third-order valence-electron chi connectivity index (χ3n) is 2.14. The Labute approximate surface area is 98.7 Å². The van der Waals surface area contributed by atoms with E-state index < -0.39 is 0 Å². The van der Waals surface area contributed by atoms with Crippen LogP contribution in [0.25, 0.3) is 16.9 Å². The van der Waals surface area contributed by atoms with E-state index in [9.17, 15) is 0 Å². The highest BCUT2D eigenvalue weighted by Crippen LogP contribution is 2.18.